The Morgan fingerprint density at radius 2 is 1.43 bits per heavy atom. The van der Waals surface area contributed by atoms with Gasteiger partial charge in [0.25, 0.3) is 0 Å². The van der Waals surface area contributed by atoms with Gasteiger partial charge in [0.2, 0.25) is 0 Å². The van der Waals surface area contributed by atoms with E-state index < -0.39 is 0 Å². The fourth-order valence-electron chi connectivity index (χ4n) is 1.52. The van der Waals surface area contributed by atoms with Crippen molar-refractivity contribution in [1.82, 2.24) is 5.01 Å². The zero-order chi connectivity index (χ0) is 12.0. The Morgan fingerprint density at radius 3 is 1.64 bits per heavy atom. The summed E-state index contributed by atoms with van der Waals surface area (Å²) >= 11 is 0. The van der Waals surface area contributed by atoms with Crippen molar-refractivity contribution in [2.75, 3.05) is 7.05 Å². The molecule has 0 unspecified atom stereocenters. The van der Waals surface area contributed by atoms with Gasteiger partial charge in [-0.3, -0.25) is 5.01 Å². The minimum Gasteiger partial charge on any atom is -0.258 e. The highest BCUT2D eigenvalue weighted by atomic mass is 16.3. The molecule has 0 aliphatic carbocycles. The van der Waals surface area contributed by atoms with Crippen LogP contribution in [0, 0.1) is 10.3 Å². The molecule has 0 aromatic heterocycles. The molecule has 0 radical (unpaired) electrons. The molecule has 3 heteroatoms. The molecule has 0 rings (SSSR count). The molecule has 0 heterocycles. The first kappa shape index (κ1) is 15.9. The van der Waals surface area contributed by atoms with Gasteiger partial charge in [-0.25, -0.2) is 0 Å². The number of hydrogen-bond acceptors (Lipinski definition) is 2. The van der Waals surface area contributed by atoms with Crippen molar-refractivity contribution in [3.05, 3.63) is 4.91 Å². The van der Waals surface area contributed by atoms with E-state index in [0.717, 1.165) is 6.42 Å². The summed E-state index contributed by atoms with van der Waals surface area (Å²) in [6, 6.07) is 0. The predicted molar refractivity (Wildman–Crippen MR) is 63.1 cm³/mol. The highest BCUT2D eigenvalue weighted by Crippen LogP contribution is 2.30. The average molecular weight is 202 g/mol. The van der Waals surface area contributed by atoms with E-state index in [2.05, 4.69) is 26.1 Å². The van der Waals surface area contributed by atoms with Gasteiger partial charge in [0.05, 0.1) is 10.8 Å². The van der Waals surface area contributed by atoms with Crippen molar-refractivity contribution in [2.45, 2.75) is 60.4 Å². The monoisotopic (exact) mass is 202 g/mol. The minimum atomic E-state index is -0.153. The third kappa shape index (κ3) is 6.87. The number of nitroso groups, excluding NO2 is 1. The largest absolute Gasteiger partial charge is 0.258 e. The second-order valence-corrected chi connectivity index (χ2v) is 5.16. The van der Waals surface area contributed by atoms with Crippen LogP contribution in [0.5, 0.6) is 0 Å². The van der Waals surface area contributed by atoms with Crippen molar-refractivity contribution >= 4 is 0 Å². The first-order valence-corrected chi connectivity index (χ1v) is 5.26. The average Bonchev–Trinajstić information content (AvgIpc) is 2.02. The molecule has 0 saturated carbocycles. The lowest BCUT2D eigenvalue weighted by Crippen LogP contribution is -2.40. The molecule has 86 valence electrons. The SMILES string of the molecule is CC.CN(N=O)C(C)(C)CC(C)(C)C. The molecule has 0 aromatic carbocycles. The molecule has 0 aromatic rings. The molecule has 3 nitrogen and oxygen atoms in total. The van der Waals surface area contributed by atoms with Gasteiger partial charge in [-0.15, -0.1) is 4.91 Å². The predicted octanol–water partition coefficient (Wildman–Crippen LogP) is 3.84. The van der Waals surface area contributed by atoms with E-state index in [0.29, 0.717) is 0 Å². The Morgan fingerprint density at radius 1 is 1.07 bits per heavy atom. The van der Waals surface area contributed by atoms with Crippen molar-refractivity contribution < 1.29 is 0 Å². The maximum atomic E-state index is 10.3. The van der Waals surface area contributed by atoms with Gasteiger partial charge >= 0.3 is 0 Å². The molecule has 14 heavy (non-hydrogen) atoms. The molecule has 0 bridgehead atoms. The van der Waals surface area contributed by atoms with Crippen LogP contribution in [0.2, 0.25) is 0 Å². The maximum Gasteiger partial charge on any atom is 0.0556 e. The lowest BCUT2D eigenvalue weighted by molar-refractivity contribution is 0.105. The van der Waals surface area contributed by atoms with Crippen LogP contribution in [0.15, 0.2) is 5.29 Å². The lowest BCUT2D eigenvalue weighted by atomic mass is 9.81. The molecule has 0 saturated heterocycles. The zero-order valence-electron chi connectivity index (χ0n) is 11.0. The van der Waals surface area contributed by atoms with E-state index in [4.69, 9.17) is 0 Å². The van der Waals surface area contributed by atoms with Gasteiger partial charge in [-0.1, -0.05) is 34.6 Å². The first-order chi connectivity index (χ1) is 6.19. The van der Waals surface area contributed by atoms with Crippen LogP contribution in [-0.2, 0) is 0 Å². The second-order valence-electron chi connectivity index (χ2n) is 5.16. The summed E-state index contributed by atoms with van der Waals surface area (Å²) in [4.78, 5) is 10.3. The Labute approximate surface area is 88.8 Å². The smallest absolute Gasteiger partial charge is 0.0556 e. The van der Waals surface area contributed by atoms with E-state index in [1.54, 1.807) is 7.05 Å². The van der Waals surface area contributed by atoms with Crippen molar-refractivity contribution in [3.63, 3.8) is 0 Å². The molecule has 0 amide bonds. The van der Waals surface area contributed by atoms with Crippen molar-refractivity contribution in [2.24, 2.45) is 10.7 Å². The fraction of sp³-hybridized carbons (Fsp3) is 1.00. The molecule has 0 atom stereocenters. The summed E-state index contributed by atoms with van der Waals surface area (Å²) in [6.07, 6.45) is 0.947. The Kier molecular flexibility index (Phi) is 6.79. The van der Waals surface area contributed by atoms with E-state index in [1.165, 1.54) is 5.01 Å². The molecule has 0 aliphatic heterocycles. The first-order valence-electron chi connectivity index (χ1n) is 5.26. The molecule has 0 spiro atoms. The standard InChI is InChI=1S/C9H20N2O.C2H6/c1-8(2,3)7-9(4,5)11(6)10-12;1-2/h7H2,1-6H3;1-2H3. The summed E-state index contributed by atoms with van der Waals surface area (Å²) in [5.41, 5.74) is 0.0719. The Hall–Kier alpha value is -0.600. The van der Waals surface area contributed by atoms with Crippen LogP contribution in [-0.4, -0.2) is 17.6 Å². The quantitative estimate of drug-likeness (QED) is 0.514. The van der Waals surface area contributed by atoms with Crippen molar-refractivity contribution in [3.8, 4) is 0 Å². The van der Waals surface area contributed by atoms with E-state index in [-0.39, 0.29) is 11.0 Å². The summed E-state index contributed by atoms with van der Waals surface area (Å²) < 4.78 is 0. The van der Waals surface area contributed by atoms with Crippen LogP contribution < -0.4 is 0 Å². The van der Waals surface area contributed by atoms with Crippen LogP contribution in [0.4, 0.5) is 0 Å². The summed E-state index contributed by atoms with van der Waals surface area (Å²) in [5, 5.41) is 4.41. The van der Waals surface area contributed by atoms with E-state index >= 15 is 0 Å². The topological polar surface area (TPSA) is 32.7 Å². The maximum absolute atomic E-state index is 10.3. The van der Waals surface area contributed by atoms with E-state index in [9.17, 15) is 4.91 Å². The van der Waals surface area contributed by atoms with Gasteiger partial charge in [-0.2, -0.15) is 0 Å². The molecular weight excluding hydrogens is 176 g/mol. The second kappa shape index (κ2) is 5.99. The van der Waals surface area contributed by atoms with Gasteiger partial charge in [0.15, 0.2) is 0 Å². The van der Waals surface area contributed by atoms with Crippen molar-refractivity contribution in [1.29, 1.82) is 0 Å². The van der Waals surface area contributed by atoms with Crippen LogP contribution in [0.3, 0.4) is 0 Å². The highest BCUT2D eigenvalue weighted by molar-refractivity contribution is 4.82. The molecule has 0 fully saturated rings. The number of nitrogens with zero attached hydrogens (tertiary/aromatic N) is 2. The van der Waals surface area contributed by atoms with Crippen LogP contribution in [0.1, 0.15) is 54.9 Å². The lowest BCUT2D eigenvalue weighted by Gasteiger charge is -2.36. The third-order valence-corrected chi connectivity index (χ3v) is 1.96. The number of rotatable bonds is 3. The Balaban J connectivity index is 0. The van der Waals surface area contributed by atoms with Crippen LogP contribution in [0.25, 0.3) is 0 Å². The number of hydrogen-bond donors (Lipinski definition) is 0. The highest BCUT2D eigenvalue weighted by Gasteiger charge is 2.29. The molecule has 0 aliphatic rings. The van der Waals surface area contributed by atoms with Gasteiger partial charge in [0.1, 0.15) is 0 Å². The fourth-order valence-corrected chi connectivity index (χ4v) is 1.52. The van der Waals surface area contributed by atoms with Gasteiger partial charge in [-0.05, 0) is 25.7 Å². The minimum absolute atomic E-state index is 0.153. The summed E-state index contributed by atoms with van der Waals surface area (Å²) in [5.74, 6) is 0. The Bertz CT molecular complexity index is 159. The van der Waals surface area contributed by atoms with E-state index in [1.807, 2.05) is 27.7 Å². The van der Waals surface area contributed by atoms with Gasteiger partial charge in [0, 0.05) is 7.05 Å². The summed E-state index contributed by atoms with van der Waals surface area (Å²) in [7, 11) is 1.72. The molecular formula is C11H26N2O. The van der Waals surface area contributed by atoms with Crippen LogP contribution >= 0.6 is 0 Å². The van der Waals surface area contributed by atoms with Gasteiger partial charge < -0.3 is 0 Å². The third-order valence-electron chi connectivity index (χ3n) is 1.96. The molecule has 0 N–H and O–H groups in total. The zero-order valence-corrected chi connectivity index (χ0v) is 11.0. The summed E-state index contributed by atoms with van der Waals surface area (Å²) in [6.45, 7) is 14.5. The normalized spacial score (nSPS) is 11.4.